The van der Waals surface area contributed by atoms with E-state index in [9.17, 15) is 4.79 Å². The molecule has 1 aliphatic carbocycles. The summed E-state index contributed by atoms with van der Waals surface area (Å²) in [5.41, 5.74) is 2.61. The zero-order valence-corrected chi connectivity index (χ0v) is 14.9. The molecule has 0 radical (unpaired) electrons. The standard InChI is InChI=1S/C22H21N3O2/c26-21(24-16-8-9-18-15(13-16)5-3-12-23-18)25-19-14-22(10-4-11-22)27-20-7-2-1-6-17(19)20/h1-3,5-9,12-13,19H,4,10-11,14H2,(H2,24,25,26). The number of carbonyl (C=O) groups excluding carboxylic acids is 1. The van der Waals surface area contributed by atoms with E-state index < -0.39 is 0 Å². The molecule has 5 nitrogen and oxygen atoms in total. The Kier molecular flexibility index (Phi) is 3.74. The summed E-state index contributed by atoms with van der Waals surface area (Å²) < 4.78 is 6.26. The highest BCUT2D eigenvalue weighted by molar-refractivity contribution is 5.92. The lowest BCUT2D eigenvalue weighted by Gasteiger charge is -2.47. The van der Waals surface area contributed by atoms with Crippen LogP contribution >= 0.6 is 0 Å². The van der Waals surface area contributed by atoms with Crippen LogP contribution in [0.1, 0.15) is 37.3 Å². The predicted molar refractivity (Wildman–Crippen MR) is 105 cm³/mol. The normalized spacial score (nSPS) is 19.6. The highest BCUT2D eigenvalue weighted by atomic mass is 16.5. The highest BCUT2D eigenvalue weighted by Crippen LogP contribution is 2.48. The Bertz CT molecular complexity index is 1010. The molecule has 1 aromatic heterocycles. The molecule has 1 aliphatic heterocycles. The number of pyridine rings is 1. The lowest BCUT2D eigenvalue weighted by atomic mass is 9.73. The number of para-hydroxylation sites is 1. The maximum Gasteiger partial charge on any atom is 0.319 e. The van der Waals surface area contributed by atoms with Crippen molar-refractivity contribution >= 4 is 22.6 Å². The van der Waals surface area contributed by atoms with Crippen LogP contribution in [0.3, 0.4) is 0 Å². The minimum Gasteiger partial charge on any atom is -0.487 e. The van der Waals surface area contributed by atoms with Crippen molar-refractivity contribution in [2.24, 2.45) is 0 Å². The van der Waals surface area contributed by atoms with Gasteiger partial charge in [0.05, 0.1) is 11.6 Å². The molecule has 5 rings (SSSR count). The first-order valence-corrected chi connectivity index (χ1v) is 9.41. The maximum absolute atomic E-state index is 12.7. The van der Waals surface area contributed by atoms with Crippen LogP contribution in [0, 0.1) is 0 Å². The van der Waals surface area contributed by atoms with Crippen LogP contribution in [0.4, 0.5) is 10.5 Å². The van der Waals surface area contributed by atoms with E-state index in [2.05, 4.69) is 15.6 Å². The Morgan fingerprint density at radius 1 is 1.11 bits per heavy atom. The van der Waals surface area contributed by atoms with E-state index >= 15 is 0 Å². The minimum absolute atomic E-state index is 0.0441. The number of hydrogen-bond donors (Lipinski definition) is 2. The SMILES string of the molecule is O=C(Nc1ccc2ncccc2c1)NC1CC2(CCC2)Oc2ccccc21. The molecule has 2 heterocycles. The van der Waals surface area contributed by atoms with E-state index in [1.807, 2.05) is 54.6 Å². The second kappa shape index (κ2) is 6.27. The summed E-state index contributed by atoms with van der Waals surface area (Å²) in [6, 6.07) is 17.4. The third-order valence-corrected chi connectivity index (χ3v) is 5.63. The van der Waals surface area contributed by atoms with Gasteiger partial charge in [-0.15, -0.1) is 0 Å². The largest absolute Gasteiger partial charge is 0.487 e. The van der Waals surface area contributed by atoms with Gasteiger partial charge in [-0.2, -0.15) is 0 Å². The molecule has 5 heteroatoms. The van der Waals surface area contributed by atoms with Gasteiger partial charge < -0.3 is 15.4 Å². The average Bonchev–Trinajstić information content (AvgIpc) is 2.66. The maximum atomic E-state index is 12.7. The first-order valence-electron chi connectivity index (χ1n) is 9.41. The molecule has 3 aromatic rings. The fraction of sp³-hybridized carbons (Fsp3) is 0.273. The highest BCUT2D eigenvalue weighted by Gasteiger charge is 2.45. The van der Waals surface area contributed by atoms with Crippen molar-refractivity contribution in [2.45, 2.75) is 37.3 Å². The average molecular weight is 359 g/mol. The van der Waals surface area contributed by atoms with Crippen molar-refractivity contribution in [3.8, 4) is 5.75 Å². The summed E-state index contributed by atoms with van der Waals surface area (Å²) in [5.74, 6) is 0.894. The smallest absolute Gasteiger partial charge is 0.319 e. The number of ether oxygens (including phenoxy) is 1. The Morgan fingerprint density at radius 3 is 2.85 bits per heavy atom. The van der Waals surface area contributed by atoms with E-state index in [0.717, 1.165) is 47.2 Å². The van der Waals surface area contributed by atoms with Gasteiger partial charge in [0.1, 0.15) is 11.4 Å². The lowest BCUT2D eigenvalue weighted by molar-refractivity contribution is -0.0354. The number of nitrogens with one attached hydrogen (secondary N) is 2. The van der Waals surface area contributed by atoms with Gasteiger partial charge in [0, 0.05) is 29.3 Å². The number of aromatic nitrogens is 1. The Balaban J connectivity index is 1.35. The van der Waals surface area contributed by atoms with Crippen LogP contribution in [0.15, 0.2) is 60.8 Å². The third-order valence-electron chi connectivity index (χ3n) is 5.63. The van der Waals surface area contributed by atoms with Gasteiger partial charge in [-0.25, -0.2) is 4.79 Å². The summed E-state index contributed by atoms with van der Waals surface area (Å²) in [6.07, 6.45) is 5.88. The van der Waals surface area contributed by atoms with Crippen molar-refractivity contribution < 1.29 is 9.53 Å². The molecule has 2 aliphatic rings. The number of amides is 2. The van der Waals surface area contributed by atoms with Gasteiger partial charge in [-0.05, 0) is 49.6 Å². The molecule has 2 amide bonds. The summed E-state index contributed by atoms with van der Waals surface area (Å²) in [7, 11) is 0. The van der Waals surface area contributed by atoms with Crippen LogP contribution < -0.4 is 15.4 Å². The molecule has 1 fully saturated rings. The van der Waals surface area contributed by atoms with Crippen LogP contribution in [-0.2, 0) is 0 Å². The molecular formula is C22H21N3O2. The number of rotatable bonds is 2. The molecule has 0 saturated heterocycles. The molecule has 27 heavy (non-hydrogen) atoms. The molecule has 136 valence electrons. The van der Waals surface area contributed by atoms with Crippen molar-refractivity contribution in [1.82, 2.24) is 10.3 Å². The fourth-order valence-corrected chi connectivity index (χ4v) is 4.10. The van der Waals surface area contributed by atoms with E-state index in [0.29, 0.717) is 0 Å². The van der Waals surface area contributed by atoms with Crippen molar-refractivity contribution in [2.75, 3.05) is 5.32 Å². The van der Waals surface area contributed by atoms with Crippen LogP contribution in [-0.4, -0.2) is 16.6 Å². The molecule has 1 spiro atoms. The summed E-state index contributed by atoms with van der Waals surface area (Å²) >= 11 is 0. The predicted octanol–water partition coefficient (Wildman–Crippen LogP) is 4.80. The van der Waals surface area contributed by atoms with Crippen LogP contribution in [0.5, 0.6) is 5.75 Å². The van der Waals surface area contributed by atoms with E-state index in [1.54, 1.807) is 6.20 Å². The zero-order valence-electron chi connectivity index (χ0n) is 14.9. The van der Waals surface area contributed by atoms with Crippen LogP contribution in [0.25, 0.3) is 10.9 Å². The first-order chi connectivity index (χ1) is 13.2. The van der Waals surface area contributed by atoms with Gasteiger partial charge in [0.15, 0.2) is 0 Å². The van der Waals surface area contributed by atoms with Crippen LogP contribution in [0.2, 0.25) is 0 Å². The van der Waals surface area contributed by atoms with Crippen molar-refractivity contribution in [3.05, 3.63) is 66.4 Å². The Hall–Kier alpha value is -3.08. The second-order valence-corrected chi connectivity index (χ2v) is 7.44. The van der Waals surface area contributed by atoms with Gasteiger partial charge in [-0.1, -0.05) is 24.3 Å². The minimum atomic E-state index is -0.200. The molecular weight excluding hydrogens is 338 g/mol. The van der Waals surface area contributed by atoms with Gasteiger partial charge in [0.25, 0.3) is 0 Å². The van der Waals surface area contributed by atoms with Crippen molar-refractivity contribution in [1.29, 1.82) is 0 Å². The number of urea groups is 1. The quantitative estimate of drug-likeness (QED) is 0.691. The van der Waals surface area contributed by atoms with E-state index in [4.69, 9.17) is 4.74 Å². The third kappa shape index (κ3) is 2.99. The number of benzene rings is 2. The second-order valence-electron chi connectivity index (χ2n) is 7.44. The first kappa shape index (κ1) is 16.1. The topological polar surface area (TPSA) is 63.2 Å². The zero-order chi connectivity index (χ0) is 18.3. The molecule has 2 aromatic carbocycles. The molecule has 2 N–H and O–H groups in total. The monoisotopic (exact) mass is 359 g/mol. The molecule has 1 saturated carbocycles. The van der Waals surface area contributed by atoms with Gasteiger partial charge in [0.2, 0.25) is 0 Å². The Morgan fingerprint density at radius 2 is 2.00 bits per heavy atom. The molecule has 0 bridgehead atoms. The number of fused-ring (bicyclic) bond motifs is 2. The number of carbonyl (C=O) groups is 1. The molecule has 1 unspecified atom stereocenters. The lowest BCUT2D eigenvalue weighted by Crippen LogP contribution is -2.50. The van der Waals surface area contributed by atoms with E-state index in [1.165, 1.54) is 6.42 Å². The number of hydrogen-bond acceptors (Lipinski definition) is 3. The number of anilines is 1. The summed E-state index contributed by atoms with van der Waals surface area (Å²) in [5, 5.41) is 7.11. The summed E-state index contributed by atoms with van der Waals surface area (Å²) in [4.78, 5) is 17.0. The fourth-order valence-electron chi connectivity index (χ4n) is 4.10. The Labute approximate surface area is 157 Å². The molecule has 1 atom stereocenters. The number of nitrogens with zero attached hydrogens (tertiary/aromatic N) is 1. The van der Waals surface area contributed by atoms with Crippen molar-refractivity contribution in [3.63, 3.8) is 0 Å². The van der Waals surface area contributed by atoms with E-state index in [-0.39, 0.29) is 17.7 Å². The van der Waals surface area contributed by atoms with Gasteiger partial charge in [-0.3, -0.25) is 4.98 Å². The summed E-state index contributed by atoms with van der Waals surface area (Å²) in [6.45, 7) is 0. The van der Waals surface area contributed by atoms with Gasteiger partial charge >= 0.3 is 6.03 Å².